The number of rotatable bonds is 11. The van der Waals surface area contributed by atoms with E-state index in [0.717, 1.165) is 17.8 Å². The Morgan fingerprint density at radius 3 is 2.36 bits per heavy atom. The molecule has 1 amide bonds. The van der Waals surface area contributed by atoms with Gasteiger partial charge < -0.3 is 33.7 Å². The smallest absolute Gasteiger partial charge is 0.425 e. The van der Waals surface area contributed by atoms with E-state index in [1.54, 1.807) is 41.5 Å². The van der Waals surface area contributed by atoms with Crippen LogP contribution >= 0.6 is 0 Å². The number of alkyl halides is 1. The molecule has 0 radical (unpaired) electrons. The number of hydrogen-bond donors (Lipinski definition) is 2. The summed E-state index contributed by atoms with van der Waals surface area (Å²) in [6, 6.07) is 6.35. The molecule has 4 heterocycles. The van der Waals surface area contributed by atoms with E-state index in [2.05, 4.69) is 10.5 Å². The summed E-state index contributed by atoms with van der Waals surface area (Å²) in [5.74, 6) is -7.67. The van der Waals surface area contributed by atoms with Crippen LogP contribution in [0.4, 0.5) is 9.18 Å². The van der Waals surface area contributed by atoms with E-state index < -0.39 is 82.6 Å². The molecule has 0 aliphatic carbocycles. The standard InChI is InChI=1S/C43H66FN5O10/c1-13-32-42(9)34(49(39(54)59-42)45-20-17-21-48-24-29-18-15-16-19-30(29)46-48)27(5)33(50)25(3)23-40(7,55-12)37(28(6)35(51)41(8,44)38(53)56-32)58-43(10)36(52)31(47(11)14-2)22-26(4)57-43/h15-16,18-19,24-28,31-32,34,36-37,45,52H,13-14,17,20-23H2,1-12H3/t25-,26-,27+,28+,31+,32-,34-,36-,37-,40-,41+,42-,43+/m1/s1. The van der Waals surface area contributed by atoms with Crippen LogP contribution in [0.2, 0.25) is 0 Å². The van der Waals surface area contributed by atoms with Gasteiger partial charge >= 0.3 is 12.1 Å². The summed E-state index contributed by atoms with van der Waals surface area (Å²) in [5, 5.41) is 18.7. The quantitative estimate of drug-likeness (QED) is 0.176. The molecule has 3 aliphatic heterocycles. The van der Waals surface area contributed by atoms with Crippen molar-refractivity contribution in [2.24, 2.45) is 17.8 Å². The number of nitrogens with one attached hydrogen (secondary N) is 1. The number of halogens is 1. The summed E-state index contributed by atoms with van der Waals surface area (Å²) >= 11 is 0. The average molecular weight is 832 g/mol. The maximum atomic E-state index is 17.0. The topological polar surface area (TPSA) is 171 Å². The second-order valence-electron chi connectivity index (χ2n) is 17.7. The zero-order chi connectivity index (χ0) is 43.8. The number of ketones is 2. The number of cyclic esters (lactones) is 1. The molecule has 3 saturated heterocycles. The maximum Gasteiger partial charge on any atom is 0.425 e. The number of aliphatic hydroxyl groups is 1. The minimum Gasteiger partial charge on any atom is -0.455 e. The van der Waals surface area contributed by atoms with Crippen molar-refractivity contribution in [1.82, 2.24) is 25.1 Å². The van der Waals surface area contributed by atoms with Crippen LogP contribution in [0.15, 0.2) is 30.5 Å². The number of amides is 1. The normalized spacial score (nSPS) is 39.0. The van der Waals surface area contributed by atoms with Gasteiger partial charge in [0.15, 0.2) is 17.2 Å². The number of aryl methyl sites for hydroxylation is 1. The molecule has 15 nitrogen and oxygen atoms in total. The van der Waals surface area contributed by atoms with E-state index in [1.807, 2.05) is 60.9 Å². The number of aliphatic hydroxyl groups excluding tert-OH is 1. The number of nitrogens with zero attached hydrogens (tertiary/aromatic N) is 4. The Morgan fingerprint density at radius 2 is 1.73 bits per heavy atom. The first kappa shape index (κ1) is 46.5. The van der Waals surface area contributed by atoms with Crippen LogP contribution in [-0.4, -0.2) is 135 Å². The molecule has 1 aromatic heterocycles. The lowest BCUT2D eigenvalue weighted by Gasteiger charge is -2.52. The third-order valence-electron chi connectivity index (χ3n) is 13.2. The fourth-order valence-electron chi connectivity index (χ4n) is 9.61. The third-order valence-corrected chi connectivity index (χ3v) is 13.2. The lowest BCUT2D eigenvalue weighted by molar-refractivity contribution is -0.354. The van der Waals surface area contributed by atoms with Crippen LogP contribution in [0.5, 0.6) is 0 Å². The number of ether oxygens (including phenoxy) is 5. The molecule has 3 fully saturated rings. The van der Waals surface area contributed by atoms with Gasteiger partial charge in [0.05, 0.1) is 23.3 Å². The monoisotopic (exact) mass is 831 g/mol. The second kappa shape index (κ2) is 17.8. The number of esters is 1. The van der Waals surface area contributed by atoms with Crippen LogP contribution in [0.1, 0.15) is 94.9 Å². The summed E-state index contributed by atoms with van der Waals surface area (Å²) in [4.78, 5) is 58.8. The predicted molar refractivity (Wildman–Crippen MR) is 217 cm³/mol. The van der Waals surface area contributed by atoms with E-state index in [1.165, 1.54) is 19.0 Å². The molecular weight excluding hydrogens is 765 g/mol. The minimum atomic E-state index is -3.20. The maximum absolute atomic E-state index is 17.0. The van der Waals surface area contributed by atoms with E-state index in [-0.39, 0.29) is 30.8 Å². The molecule has 2 N–H and O–H groups in total. The Morgan fingerprint density at radius 1 is 1.05 bits per heavy atom. The van der Waals surface area contributed by atoms with E-state index in [0.29, 0.717) is 32.5 Å². The van der Waals surface area contributed by atoms with E-state index in [4.69, 9.17) is 23.7 Å². The molecule has 13 atom stereocenters. The average Bonchev–Trinajstić information content (AvgIpc) is 3.73. The molecule has 3 aliphatic rings. The summed E-state index contributed by atoms with van der Waals surface area (Å²) in [6.07, 6.45) is -1.94. The molecule has 59 heavy (non-hydrogen) atoms. The number of fused-ring (bicyclic) bond motifs is 2. The Hall–Kier alpha value is -3.54. The Kier molecular flexibility index (Phi) is 14.1. The van der Waals surface area contributed by atoms with Crippen LogP contribution in [-0.2, 0) is 44.6 Å². The van der Waals surface area contributed by atoms with Gasteiger partial charge in [0.1, 0.15) is 24.0 Å². The van der Waals surface area contributed by atoms with Gasteiger partial charge in [-0.1, -0.05) is 52.8 Å². The van der Waals surface area contributed by atoms with Crippen molar-refractivity contribution in [2.45, 2.75) is 161 Å². The molecule has 1 aromatic carbocycles. The number of methoxy groups -OCH3 is 1. The van der Waals surface area contributed by atoms with Gasteiger partial charge in [0.2, 0.25) is 0 Å². The first-order valence-corrected chi connectivity index (χ1v) is 21.0. The summed E-state index contributed by atoms with van der Waals surface area (Å²) in [5.41, 5.74) is -2.30. The van der Waals surface area contributed by atoms with Crippen molar-refractivity contribution in [2.75, 3.05) is 27.2 Å². The molecule has 16 heteroatoms. The van der Waals surface area contributed by atoms with E-state index in [9.17, 15) is 24.3 Å². The molecule has 2 aromatic rings. The lowest BCUT2D eigenvalue weighted by atomic mass is 9.73. The number of Topliss-reactive ketones (excluding diaryl/α,β-unsaturated/α-hetero) is 2. The highest BCUT2D eigenvalue weighted by Gasteiger charge is 2.62. The zero-order valence-electron chi connectivity index (χ0n) is 36.8. The molecule has 0 bridgehead atoms. The van der Waals surface area contributed by atoms with Gasteiger partial charge in [0.25, 0.3) is 5.67 Å². The minimum absolute atomic E-state index is 0.0243. The summed E-state index contributed by atoms with van der Waals surface area (Å²) in [6.45, 7) is 17.4. The number of hydrogen-bond acceptors (Lipinski definition) is 13. The molecule has 5 rings (SSSR count). The second-order valence-corrected chi connectivity index (χ2v) is 17.7. The van der Waals surface area contributed by atoms with E-state index >= 15 is 4.39 Å². The molecule has 330 valence electrons. The van der Waals surface area contributed by atoms with Crippen molar-refractivity contribution in [1.29, 1.82) is 0 Å². The van der Waals surface area contributed by atoms with Gasteiger partial charge in [-0.15, -0.1) is 0 Å². The van der Waals surface area contributed by atoms with Crippen LogP contribution in [0, 0.1) is 17.8 Å². The number of carbonyl (C=O) groups is 4. The fourth-order valence-corrected chi connectivity index (χ4v) is 9.61. The van der Waals surface area contributed by atoms with Crippen molar-refractivity contribution in [3.05, 3.63) is 30.5 Å². The van der Waals surface area contributed by atoms with Gasteiger partial charge in [-0.2, -0.15) is 5.10 Å². The van der Waals surface area contributed by atoms with Crippen molar-refractivity contribution in [3.63, 3.8) is 0 Å². The summed E-state index contributed by atoms with van der Waals surface area (Å²) in [7, 11) is 3.28. The van der Waals surface area contributed by atoms with Gasteiger partial charge in [-0.25, -0.2) is 24.4 Å². The largest absolute Gasteiger partial charge is 0.455 e. The number of likely N-dealkylation sites (N-methyl/N-ethyl adjacent to an activating group) is 1. The Labute approximate surface area is 347 Å². The Bertz CT molecular complexity index is 1810. The number of benzene rings is 1. The third kappa shape index (κ3) is 8.94. The number of carbonyl (C=O) groups excluding carboxylic acids is 4. The van der Waals surface area contributed by atoms with Gasteiger partial charge in [-0.05, 0) is 80.0 Å². The highest BCUT2D eigenvalue weighted by Crippen LogP contribution is 2.44. The first-order chi connectivity index (χ1) is 27.6. The molecule has 0 unspecified atom stereocenters. The Balaban J connectivity index is 1.50. The fraction of sp³-hybridized carbons (Fsp3) is 0.744. The molecule has 0 saturated carbocycles. The van der Waals surface area contributed by atoms with Crippen LogP contribution in [0.3, 0.4) is 0 Å². The number of aromatic nitrogens is 2. The first-order valence-electron chi connectivity index (χ1n) is 21.0. The lowest BCUT2D eigenvalue weighted by Crippen LogP contribution is -2.65. The number of hydrazine groups is 1. The van der Waals surface area contributed by atoms with Gasteiger partial charge in [0, 0.05) is 55.6 Å². The van der Waals surface area contributed by atoms with Crippen LogP contribution < -0.4 is 5.43 Å². The van der Waals surface area contributed by atoms with Crippen molar-refractivity contribution >= 4 is 34.5 Å². The van der Waals surface area contributed by atoms with Crippen LogP contribution in [0.25, 0.3) is 10.9 Å². The zero-order valence-corrected chi connectivity index (χ0v) is 36.8. The SMILES string of the molecule is CC[C@H]1OC(=O)[C@@](C)(F)C(=O)[C@H](C)[C@@H](O[C@]2(C)O[C@H](C)C[C@H](N(C)CC)[C@H]2O)[C@](C)(OC)C[C@@H](C)C(=O)[C@H](C)[C@H]2N(NCCCn3cc4ccccc4n3)C(=O)O[C@]12C. The van der Waals surface area contributed by atoms with Crippen molar-refractivity contribution < 1.29 is 52.4 Å². The molecular formula is C43H66FN5O10. The molecule has 0 spiro atoms. The van der Waals surface area contributed by atoms with Gasteiger partial charge in [-0.3, -0.25) is 14.3 Å². The highest BCUT2D eigenvalue weighted by atomic mass is 19.1. The van der Waals surface area contributed by atoms with Crippen molar-refractivity contribution in [3.8, 4) is 0 Å². The highest BCUT2D eigenvalue weighted by molar-refractivity contribution is 6.08. The predicted octanol–water partition coefficient (Wildman–Crippen LogP) is 5.01. The summed E-state index contributed by atoms with van der Waals surface area (Å²) < 4.78 is 49.8.